The molecule has 39 heavy (non-hydrogen) atoms. The number of aromatic nitrogens is 3. The molecule has 1 aliphatic carbocycles. The lowest BCUT2D eigenvalue weighted by atomic mass is 9.89. The van der Waals surface area contributed by atoms with E-state index in [0.29, 0.717) is 5.82 Å². The van der Waals surface area contributed by atoms with Crippen molar-refractivity contribution in [1.82, 2.24) is 15.2 Å². The lowest BCUT2D eigenvalue weighted by Gasteiger charge is -2.21. The number of carbonyl (C=O) groups is 3. The number of carboxylic acids is 2. The van der Waals surface area contributed by atoms with Gasteiger partial charge in [0, 0.05) is 19.0 Å². The van der Waals surface area contributed by atoms with Crippen molar-refractivity contribution in [3.8, 4) is 0 Å². The van der Waals surface area contributed by atoms with Crippen molar-refractivity contribution in [3.63, 3.8) is 0 Å². The van der Waals surface area contributed by atoms with Crippen LogP contribution in [0.1, 0.15) is 57.8 Å². The summed E-state index contributed by atoms with van der Waals surface area (Å²) in [7, 11) is 0. The third-order valence-corrected chi connectivity index (χ3v) is 6.04. The number of aromatic amines is 1. The Labute approximate surface area is 218 Å². The van der Waals surface area contributed by atoms with E-state index in [4.69, 9.17) is 24.8 Å². The summed E-state index contributed by atoms with van der Waals surface area (Å²) in [4.78, 5) is 37.4. The zero-order valence-electron chi connectivity index (χ0n) is 20.7. The average Bonchev–Trinajstić information content (AvgIpc) is 3.07. The molecule has 4 rings (SSSR count). The molecule has 2 fully saturated rings. The molecule has 2 aliphatic rings. The highest BCUT2D eigenvalue weighted by Crippen LogP contribution is 2.27. The molecule has 1 amide bonds. The fourth-order valence-corrected chi connectivity index (χ4v) is 4.05. The molecular weight excluding hydrogens is 540 g/mol. The van der Waals surface area contributed by atoms with Gasteiger partial charge in [-0.25, -0.2) is 14.6 Å². The van der Waals surface area contributed by atoms with Gasteiger partial charge in [-0.2, -0.15) is 31.4 Å². The fraction of sp³-hybridized carbons (Fsp3) is 0.609. The SMILES string of the molecule is O=C(Nc1n[nH]c2nc(N3CCCCCC3)ccc12)C1CCCCC1.O=C(O)C(F)(F)F.O=C(O)C(F)(F)F. The molecule has 3 heterocycles. The van der Waals surface area contributed by atoms with E-state index in [9.17, 15) is 31.1 Å². The smallest absolute Gasteiger partial charge is 0.475 e. The molecule has 2 aromatic heterocycles. The Morgan fingerprint density at radius 2 is 1.33 bits per heavy atom. The number of pyridine rings is 1. The number of rotatable bonds is 3. The molecule has 0 aromatic carbocycles. The van der Waals surface area contributed by atoms with E-state index in [1.165, 1.54) is 32.1 Å². The van der Waals surface area contributed by atoms with E-state index < -0.39 is 24.3 Å². The molecule has 1 saturated carbocycles. The Balaban J connectivity index is 0.000000317. The maximum absolute atomic E-state index is 12.5. The van der Waals surface area contributed by atoms with Crippen LogP contribution in [0.3, 0.4) is 0 Å². The van der Waals surface area contributed by atoms with Crippen molar-refractivity contribution in [2.24, 2.45) is 5.92 Å². The zero-order chi connectivity index (χ0) is 29.2. The number of carbonyl (C=O) groups excluding carboxylic acids is 1. The number of fused-ring (bicyclic) bond motifs is 1. The predicted octanol–water partition coefficient (Wildman–Crippen LogP) is 5.12. The van der Waals surface area contributed by atoms with Crippen LogP contribution in [-0.4, -0.2) is 68.7 Å². The molecule has 0 atom stereocenters. The van der Waals surface area contributed by atoms with Crippen LogP contribution < -0.4 is 10.2 Å². The summed E-state index contributed by atoms with van der Waals surface area (Å²) in [6, 6.07) is 4.09. The van der Waals surface area contributed by atoms with Crippen molar-refractivity contribution >= 4 is 40.5 Å². The van der Waals surface area contributed by atoms with Gasteiger partial charge in [-0.1, -0.05) is 32.1 Å². The van der Waals surface area contributed by atoms with Gasteiger partial charge in [0.2, 0.25) is 5.91 Å². The second kappa shape index (κ2) is 14.0. The first-order valence-corrected chi connectivity index (χ1v) is 12.2. The molecular formula is C23H29F6N5O5. The summed E-state index contributed by atoms with van der Waals surface area (Å²) < 4.78 is 63.5. The van der Waals surface area contributed by atoms with Crippen LogP contribution in [0.2, 0.25) is 0 Å². The Morgan fingerprint density at radius 1 is 0.846 bits per heavy atom. The predicted molar refractivity (Wildman–Crippen MR) is 127 cm³/mol. The van der Waals surface area contributed by atoms with Crippen molar-refractivity contribution in [2.45, 2.75) is 70.1 Å². The molecule has 1 saturated heterocycles. The average molecular weight is 570 g/mol. The number of hydrogen-bond donors (Lipinski definition) is 4. The summed E-state index contributed by atoms with van der Waals surface area (Å²) in [6.07, 6.45) is 0.437. The minimum absolute atomic E-state index is 0.102. The number of H-pyrrole nitrogens is 1. The van der Waals surface area contributed by atoms with Gasteiger partial charge in [0.25, 0.3) is 0 Å². The second-order valence-electron chi connectivity index (χ2n) is 8.97. The van der Waals surface area contributed by atoms with Gasteiger partial charge in [0.05, 0.1) is 5.39 Å². The van der Waals surface area contributed by atoms with Crippen molar-refractivity contribution in [1.29, 1.82) is 0 Å². The van der Waals surface area contributed by atoms with E-state index in [-0.39, 0.29) is 11.8 Å². The molecule has 10 nitrogen and oxygen atoms in total. The third kappa shape index (κ3) is 10.2. The minimum atomic E-state index is -5.08. The monoisotopic (exact) mass is 569 g/mol. The molecule has 4 N–H and O–H groups in total. The molecule has 218 valence electrons. The number of aliphatic carboxylic acids is 2. The first-order valence-electron chi connectivity index (χ1n) is 12.2. The highest BCUT2D eigenvalue weighted by molar-refractivity contribution is 5.99. The van der Waals surface area contributed by atoms with Crippen LogP contribution in [-0.2, 0) is 14.4 Å². The Hall–Kier alpha value is -3.59. The van der Waals surface area contributed by atoms with Crippen molar-refractivity contribution in [3.05, 3.63) is 12.1 Å². The maximum Gasteiger partial charge on any atom is 0.490 e. The standard InChI is InChI=1S/C19H27N5O.2C2HF3O2/c25-19(14-8-4-3-5-9-14)21-18-15-10-11-16(20-17(15)22-23-18)24-12-6-1-2-7-13-24;2*3-2(4,5)1(6)7/h10-11,14H,1-9,12-13H2,(H2,20,21,22,23,25);2*(H,6,7). The summed E-state index contributed by atoms with van der Waals surface area (Å²) in [5, 5.41) is 25.4. The van der Waals surface area contributed by atoms with E-state index in [1.54, 1.807) is 0 Å². The molecule has 0 radical (unpaired) electrons. The van der Waals surface area contributed by atoms with Crippen LogP contribution >= 0.6 is 0 Å². The summed E-state index contributed by atoms with van der Waals surface area (Å²) in [5.74, 6) is -3.67. The van der Waals surface area contributed by atoms with Crippen LogP contribution in [0.4, 0.5) is 38.0 Å². The van der Waals surface area contributed by atoms with Crippen molar-refractivity contribution in [2.75, 3.05) is 23.3 Å². The first-order chi connectivity index (χ1) is 18.2. The van der Waals surface area contributed by atoms with Crippen LogP contribution in [0.15, 0.2) is 12.1 Å². The molecule has 2 aromatic rings. The highest BCUT2D eigenvalue weighted by Gasteiger charge is 2.38. The first kappa shape index (κ1) is 31.6. The van der Waals surface area contributed by atoms with E-state index in [2.05, 4.69) is 26.5 Å². The fourth-order valence-electron chi connectivity index (χ4n) is 4.05. The third-order valence-electron chi connectivity index (χ3n) is 6.04. The molecule has 0 spiro atoms. The molecule has 0 bridgehead atoms. The Bertz CT molecular complexity index is 1080. The molecule has 1 aliphatic heterocycles. The number of carboxylic acid groups (broad SMARTS) is 2. The van der Waals surface area contributed by atoms with Crippen molar-refractivity contribution < 1.29 is 50.9 Å². The lowest BCUT2D eigenvalue weighted by Crippen LogP contribution is -2.25. The second-order valence-corrected chi connectivity index (χ2v) is 8.97. The minimum Gasteiger partial charge on any atom is -0.475 e. The largest absolute Gasteiger partial charge is 0.490 e. The van der Waals surface area contributed by atoms with Crippen LogP contribution in [0, 0.1) is 5.92 Å². The van der Waals surface area contributed by atoms with Gasteiger partial charge in [-0.3, -0.25) is 9.89 Å². The van der Waals surface area contributed by atoms with E-state index in [0.717, 1.165) is 55.6 Å². The topological polar surface area (TPSA) is 149 Å². The summed E-state index contributed by atoms with van der Waals surface area (Å²) >= 11 is 0. The van der Waals surface area contributed by atoms with Crippen LogP contribution in [0.5, 0.6) is 0 Å². The molecule has 0 unspecified atom stereocenters. The highest BCUT2D eigenvalue weighted by atomic mass is 19.4. The lowest BCUT2D eigenvalue weighted by molar-refractivity contribution is -0.193. The van der Waals surface area contributed by atoms with Gasteiger partial charge >= 0.3 is 24.3 Å². The summed E-state index contributed by atoms with van der Waals surface area (Å²) in [5.41, 5.74) is 0.751. The quantitative estimate of drug-likeness (QED) is 0.372. The zero-order valence-corrected chi connectivity index (χ0v) is 20.7. The Morgan fingerprint density at radius 3 is 1.82 bits per heavy atom. The number of alkyl halides is 6. The maximum atomic E-state index is 12.5. The summed E-state index contributed by atoms with van der Waals surface area (Å²) in [6.45, 7) is 2.13. The van der Waals surface area contributed by atoms with E-state index >= 15 is 0 Å². The van der Waals surface area contributed by atoms with Gasteiger partial charge in [0.15, 0.2) is 11.5 Å². The number of halogens is 6. The van der Waals surface area contributed by atoms with Gasteiger partial charge < -0.3 is 20.4 Å². The molecule has 16 heteroatoms. The number of amides is 1. The Kier molecular flexibility index (Phi) is 11.3. The van der Waals surface area contributed by atoms with Gasteiger partial charge in [-0.05, 0) is 37.8 Å². The number of nitrogens with zero attached hydrogens (tertiary/aromatic N) is 3. The number of hydrogen-bond acceptors (Lipinski definition) is 6. The van der Waals surface area contributed by atoms with Crippen LogP contribution in [0.25, 0.3) is 11.0 Å². The normalized spacial score (nSPS) is 16.7. The van der Waals surface area contributed by atoms with Gasteiger partial charge in [-0.15, -0.1) is 0 Å². The van der Waals surface area contributed by atoms with E-state index in [1.807, 2.05) is 6.07 Å². The van der Waals surface area contributed by atoms with Gasteiger partial charge in [0.1, 0.15) is 5.82 Å². The number of nitrogens with one attached hydrogen (secondary N) is 2. The number of anilines is 2.